The first-order valence-electron chi connectivity index (χ1n) is 37.1. The van der Waals surface area contributed by atoms with E-state index < -0.39 is 0 Å². The number of carbonyl (C=O) groups excluding carboxylic acids is 3. The van der Waals surface area contributed by atoms with Crippen LogP contribution in [-0.4, -0.2) is 75.8 Å². The summed E-state index contributed by atoms with van der Waals surface area (Å²) in [5, 5.41) is 0. The monoisotopic (exact) mass is 1390 g/mol. The molecule has 0 saturated carbocycles. The molecule has 0 aromatic carbocycles. The zero-order valence-electron chi connectivity index (χ0n) is 58.6. The van der Waals surface area contributed by atoms with Crippen LogP contribution in [0.5, 0.6) is 0 Å². The van der Waals surface area contributed by atoms with Gasteiger partial charge in [-0.05, 0) is 113 Å². The molecule has 0 spiro atoms. The molecule has 0 aliphatic carbocycles. The minimum Gasteiger partial charge on any atom is -0.307 e. The van der Waals surface area contributed by atoms with Gasteiger partial charge in [0.15, 0.2) is 0 Å². The molecule has 7 heteroatoms. The smallest absolute Gasteiger partial charge is 0.106 e. The van der Waals surface area contributed by atoms with E-state index in [-0.39, 0.29) is 21.1 Å². The fourth-order valence-electron chi connectivity index (χ4n) is 11.0. The van der Waals surface area contributed by atoms with Crippen LogP contribution in [0.15, 0.2) is 0 Å². The van der Waals surface area contributed by atoms with E-state index in [1.54, 1.807) is 55.5 Å². The first kappa shape index (κ1) is 96.6. The molecular weight excluding hydrogens is 1230 g/mol. The summed E-state index contributed by atoms with van der Waals surface area (Å²) >= 11 is 0. The van der Waals surface area contributed by atoms with Gasteiger partial charge in [-0.1, -0.05) is 351 Å². The molecule has 0 aliphatic heterocycles. The molecule has 498 valence electrons. The van der Waals surface area contributed by atoms with Crippen molar-refractivity contribution in [2.45, 2.75) is 409 Å². The maximum absolute atomic E-state index is 8.00. The summed E-state index contributed by atoms with van der Waals surface area (Å²) in [6, 6.07) is 0. The predicted octanol–water partition coefficient (Wildman–Crippen LogP) is 28.1. The van der Waals surface area contributed by atoms with Crippen molar-refractivity contribution in [1.29, 1.82) is 0 Å². The van der Waals surface area contributed by atoms with Crippen LogP contribution >= 0.6 is 23.8 Å². The van der Waals surface area contributed by atoms with Crippen LogP contribution in [0.3, 0.4) is 0 Å². The first-order chi connectivity index (χ1) is 40.0. The molecule has 0 aromatic rings. The maximum atomic E-state index is 8.00. The molecule has 0 N–H and O–H groups in total. The Hall–Kier alpha value is 0.988. The molecule has 0 fully saturated rings. The molecule has 0 aliphatic rings. The maximum Gasteiger partial charge on any atom is 0.106 e. The van der Waals surface area contributed by atoms with E-state index in [1.165, 1.54) is 347 Å². The van der Waals surface area contributed by atoms with Gasteiger partial charge in [0, 0.05) is 21.1 Å². The average Bonchev–Trinajstić information content (AvgIpc) is 3.50. The summed E-state index contributed by atoms with van der Waals surface area (Å²) in [5.41, 5.74) is 0. The van der Waals surface area contributed by atoms with E-state index >= 15 is 0 Å². The quantitative estimate of drug-likeness (QED) is 0.0450. The molecule has 3 nitrogen and oxygen atoms in total. The van der Waals surface area contributed by atoms with Crippen molar-refractivity contribution in [1.82, 2.24) is 0 Å². The van der Waals surface area contributed by atoms with Crippen LogP contribution in [0.2, 0.25) is 0 Å². The largest absolute Gasteiger partial charge is 0.307 e. The fourth-order valence-corrected chi connectivity index (χ4v) is 19.1. The fraction of sp³-hybridized carbons (Fsp3) is 0.960. The number of hydrogen-bond acceptors (Lipinski definition) is 3. The van der Waals surface area contributed by atoms with E-state index in [9.17, 15) is 0 Å². The average molecular weight is 1390 g/mol. The molecule has 0 radical (unpaired) electrons. The van der Waals surface area contributed by atoms with Crippen molar-refractivity contribution in [3.05, 3.63) is 0 Å². The number of unbranched alkanes of at least 4 members (excludes halogenated alkanes) is 45. The van der Waals surface area contributed by atoms with E-state index in [1.807, 2.05) is 20.4 Å². The minimum absolute atomic E-state index is 0. The van der Waals surface area contributed by atoms with Crippen molar-refractivity contribution >= 4 is 44.1 Å². The summed E-state index contributed by atoms with van der Waals surface area (Å²) in [4.78, 5) is 24.0. The third-order valence-corrected chi connectivity index (χ3v) is 25.0. The van der Waals surface area contributed by atoms with E-state index in [2.05, 4.69) is 62.3 Å². The summed E-state index contributed by atoms with van der Waals surface area (Å²) in [5.74, 6) is 0. The Bertz CT molecular complexity index is 746. The Morgan fingerprint density at radius 2 is 0.220 bits per heavy atom. The standard InChI is InChI=1S/3C24H51P.3CH2O.W/c3*1-4-7-10-13-16-19-22-25(23-20-17-14-11-8-5-2)24-21-18-15-12-9-6-3;3*1-2;/h3*4-24H2,1-3H3;3*1H2;. The first-order valence-corrected chi connectivity index (χ1v) is 42.8. The number of rotatable bonds is 63. The van der Waals surface area contributed by atoms with Gasteiger partial charge in [0.1, 0.15) is 20.4 Å². The zero-order chi connectivity index (χ0) is 61.3. The van der Waals surface area contributed by atoms with Gasteiger partial charge in [0.25, 0.3) is 0 Å². The zero-order valence-corrected chi connectivity index (χ0v) is 64.3. The summed E-state index contributed by atoms with van der Waals surface area (Å²) in [6.45, 7) is 26.9. The van der Waals surface area contributed by atoms with Gasteiger partial charge < -0.3 is 14.4 Å². The summed E-state index contributed by atoms with van der Waals surface area (Å²) in [6.07, 6.45) is 93.7. The van der Waals surface area contributed by atoms with E-state index in [0.717, 1.165) is 0 Å². The van der Waals surface area contributed by atoms with Gasteiger partial charge in [0.05, 0.1) is 0 Å². The topological polar surface area (TPSA) is 51.2 Å². The molecule has 0 aromatic heterocycles. The van der Waals surface area contributed by atoms with E-state index in [4.69, 9.17) is 14.4 Å². The van der Waals surface area contributed by atoms with Crippen LogP contribution in [0, 0.1) is 0 Å². The Labute approximate surface area is 540 Å². The Morgan fingerprint density at radius 1 is 0.146 bits per heavy atom. The number of hydrogen-bond donors (Lipinski definition) is 0. The van der Waals surface area contributed by atoms with Gasteiger partial charge in [-0.2, -0.15) is 0 Å². The second kappa shape index (κ2) is 101. The van der Waals surface area contributed by atoms with Gasteiger partial charge in [-0.15, -0.1) is 23.8 Å². The third kappa shape index (κ3) is 97.3. The molecule has 0 rings (SSSR count). The van der Waals surface area contributed by atoms with Crippen LogP contribution < -0.4 is 0 Å². The van der Waals surface area contributed by atoms with Gasteiger partial charge in [-0.25, -0.2) is 0 Å². The van der Waals surface area contributed by atoms with Crippen molar-refractivity contribution in [3.8, 4) is 0 Å². The second-order valence-electron chi connectivity index (χ2n) is 24.4. The minimum atomic E-state index is 0. The molecule has 0 atom stereocenters. The van der Waals surface area contributed by atoms with Gasteiger partial charge in [0.2, 0.25) is 0 Å². The second-order valence-corrected chi connectivity index (χ2v) is 32.5. The van der Waals surface area contributed by atoms with Crippen LogP contribution in [-0.2, 0) is 35.4 Å². The molecule has 0 amide bonds. The molecule has 0 unspecified atom stereocenters. The molecular formula is C75H159O3P3W. The number of carbonyl (C=O) groups is 3. The Kier molecular flexibility index (Phi) is 119. The van der Waals surface area contributed by atoms with Crippen LogP contribution in [0.25, 0.3) is 0 Å². The van der Waals surface area contributed by atoms with Crippen LogP contribution in [0.4, 0.5) is 0 Å². The molecule has 0 bridgehead atoms. The predicted molar refractivity (Wildman–Crippen MR) is 386 cm³/mol. The Balaban J connectivity index is -0.000000195. The SMILES string of the molecule is C=O.C=O.C=O.CCCCCCCCP(CCCCCCCC)CCCCCCCC.CCCCCCCCP(CCCCCCCC)CCCCCCCC.CCCCCCCCP(CCCCCCCC)CCCCCCCC.[W]. The van der Waals surface area contributed by atoms with E-state index in [0.29, 0.717) is 23.8 Å². The molecule has 0 saturated heterocycles. The Morgan fingerprint density at radius 3 is 0.305 bits per heavy atom. The summed E-state index contributed by atoms with van der Waals surface area (Å²) in [7, 11) is 1.10. The van der Waals surface area contributed by atoms with Crippen molar-refractivity contribution in [2.24, 2.45) is 0 Å². The van der Waals surface area contributed by atoms with Crippen molar-refractivity contribution in [2.75, 3.05) is 55.5 Å². The molecule has 0 heterocycles. The van der Waals surface area contributed by atoms with Gasteiger partial charge in [-0.3, -0.25) is 0 Å². The third-order valence-electron chi connectivity index (χ3n) is 16.5. The normalized spacial score (nSPS) is 10.7. The summed E-state index contributed by atoms with van der Waals surface area (Å²) < 4.78 is 0. The van der Waals surface area contributed by atoms with Gasteiger partial charge >= 0.3 is 0 Å². The van der Waals surface area contributed by atoms with Crippen LogP contribution in [0.1, 0.15) is 409 Å². The van der Waals surface area contributed by atoms with Crippen molar-refractivity contribution < 1.29 is 35.4 Å². The van der Waals surface area contributed by atoms with Crippen molar-refractivity contribution in [3.63, 3.8) is 0 Å². The molecule has 82 heavy (non-hydrogen) atoms.